The molecule has 1 heterocycles. The van der Waals surface area contributed by atoms with E-state index in [9.17, 15) is 24.5 Å². The van der Waals surface area contributed by atoms with Crippen molar-refractivity contribution in [2.24, 2.45) is 0 Å². The van der Waals surface area contributed by atoms with Gasteiger partial charge in [0.05, 0.1) is 23.5 Å². The molecular formula is C28H24BrN3O8S. The van der Waals surface area contributed by atoms with Crippen LogP contribution in [0.1, 0.15) is 18.1 Å². The summed E-state index contributed by atoms with van der Waals surface area (Å²) < 4.78 is 17.3. The molecule has 3 amide bonds. The van der Waals surface area contributed by atoms with E-state index in [4.69, 9.17) is 14.2 Å². The predicted octanol–water partition coefficient (Wildman–Crippen LogP) is 6.02. The van der Waals surface area contributed by atoms with Crippen LogP contribution in [0.25, 0.3) is 6.08 Å². The second kappa shape index (κ2) is 13.3. The van der Waals surface area contributed by atoms with E-state index in [-0.39, 0.29) is 17.2 Å². The Bertz CT molecular complexity index is 1530. The zero-order valence-corrected chi connectivity index (χ0v) is 24.3. The van der Waals surface area contributed by atoms with Crippen molar-refractivity contribution in [3.8, 4) is 17.2 Å². The van der Waals surface area contributed by atoms with Crippen LogP contribution in [0.2, 0.25) is 0 Å². The lowest BCUT2D eigenvalue weighted by molar-refractivity contribution is -0.384. The van der Waals surface area contributed by atoms with E-state index in [0.717, 1.165) is 16.7 Å². The number of rotatable bonds is 11. The highest BCUT2D eigenvalue weighted by Gasteiger charge is 2.36. The smallest absolute Gasteiger partial charge is 0.294 e. The van der Waals surface area contributed by atoms with Crippen LogP contribution in [-0.4, -0.2) is 47.1 Å². The molecule has 11 nitrogen and oxygen atoms in total. The summed E-state index contributed by atoms with van der Waals surface area (Å²) in [5.41, 5.74) is 1.61. The van der Waals surface area contributed by atoms with Crippen LogP contribution < -0.4 is 19.5 Å². The lowest BCUT2D eigenvalue weighted by Crippen LogP contribution is -2.36. The first kappa shape index (κ1) is 29.6. The Kier molecular flexibility index (Phi) is 9.63. The molecule has 3 aromatic carbocycles. The Hall–Kier alpha value is -4.36. The fourth-order valence-electron chi connectivity index (χ4n) is 3.76. The maximum atomic E-state index is 13.0. The fraction of sp³-hybridized carbons (Fsp3) is 0.179. The van der Waals surface area contributed by atoms with Gasteiger partial charge in [0.1, 0.15) is 18.9 Å². The predicted molar refractivity (Wildman–Crippen MR) is 157 cm³/mol. The van der Waals surface area contributed by atoms with Gasteiger partial charge < -0.3 is 19.5 Å². The van der Waals surface area contributed by atoms with Crippen molar-refractivity contribution in [2.45, 2.75) is 13.5 Å². The SMILES string of the molecule is CCOc1cc(/C=C2/SC(=O)N(CC(=O)Nc3ccc(OC)cc3)C2=O)c(Br)cc1OCc1cccc([N+](=O)[O-])c1. The standard InChI is InChI=1S/C28H24BrN3O8S/c1-3-39-23-12-18(22(29)14-24(23)40-16-17-5-4-6-20(11-17)32(36)37)13-25-27(34)31(28(35)41-25)15-26(33)30-19-7-9-21(38-2)10-8-19/h4-14H,3,15-16H2,1-2H3,(H,30,33)/b25-13+. The second-order valence-corrected chi connectivity index (χ2v) is 10.4. The number of nitrogens with one attached hydrogen (secondary N) is 1. The average molecular weight is 642 g/mol. The molecule has 1 N–H and O–H groups in total. The van der Waals surface area contributed by atoms with Gasteiger partial charge in [-0.15, -0.1) is 0 Å². The molecule has 0 unspecified atom stereocenters. The number of nitrogens with zero attached hydrogens (tertiary/aromatic N) is 2. The summed E-state index contributed by atoms with van der Waals surface area (Å²) in [6, 6.07) is 16.1. The number of carbonyl (C=O) groups excluding carboxylic acids is 3. The highest BCUT2D eigenvalue weighted by atomic mass is 79.9. The second-order valence-electron chi connectivity index (χ2n) is 8.51. The van der Waals surface area contributed by atoms with E-state index < -0.39 is 28.5 Å². The topological polar surface area (TPSA) is 137 Å². The van der Waals surface area contributed by atoms with Crippen LogP contribution in [0.4, 0.5) is 16.2 Å². The molecule has 1 aliphatic rings. The van der Waals surface area contributed by atoms with Crippen molar-refractivity contribution in [3.63, 3.8) is 0 Å². The highest BCUT2D eigenvalue weighted by molar-refractivity contribution is 9.10. The third-order valence-corrected chi connectivity index (χ3v) is 7.31. The molecular weight excluding hydrogens is 618 g/mol. The first-order chi connectivity index (χ1) is 19.7. The molecule has 3 aromatic rings. The fourth-order valence-corrected chi connectivity index (χ4v) is 5.03. The van der Waals surface area contributed by atoms with Gasteiger partial charge >= 0.3 is 0 Å². The molecule has 1 fully saturated rings. The van der Waals surface area contributed by atoms with Crippen molar-refractivity contribution in [2.75, 3.05) is 25.6 Å². The van der Waals surface area contributed by atoms with E-state index in [1.165, 1.54) is 25.3 Å². The van der Waals surface area contributed by atoms with E-state index in [2.05, 4.69) is 21.2 Å². The number of ether oxygens (including phenoxy) is 3. The number of nitro groups is 1. The number of benzene rings is 3. The van der Waals surface area contributed by atoms with Gasteiger partial charge in [-0.3, -0.25) is 29.4 Å². The van der Waals surface area contributed by atoms with Crippen LogP contribution >= 0.6 is 27.7 Å². The zero-order chi connectivity index (χ0) is 29.5. The monoisotopic (exact) mass is 641 g/mol. The van der Waals surface area contributed by atoms with Crippen molar-refractivity contribution in [1.82, 2.24) is 4.90 Å². The largest absolute Gasteiger partial charge is 0.497 e. The van der Waals surface area contributed by atoms with E-state index >= 15 is 0 Å². The number of amides is 3. The van der Waals surface area contributed by atoms with Crippen LogP contribution in [0, 0.1) is 10.1 Å². The number of nitro benzene ring substituents is 1. The minimum Gasteiger partial charge on any atom is -0.497 e. The Labute approximate surface area is 247 Å². The third-order valence-electron chi connectivity index (χ3n) is 5.71. The summed E-state index contributed by atoms with van der Waals surface area (Å²) in [6.45, 7) is 1.75. The molecule has 0 saturated carbocycles. The van der Waals surface area contributed by atoms with Crippen molar-refractivity contribution in [1.29, 1.82) is 0 Å². The minimum atomic E-state index is -0.597. The van der Waals surface area contributed by atoms with Crippen molar-refractivity contribution in [3.05, 3.63) is 91.3 Å². The minimum absolute atomic E-state index is 0.0418. The van der Waals surface area contributed by atoms with E-state index in [1.54, 1.807) is 55.5 Å². The van der Waals surface area contributed by atoms with Crippen LogP contribution in [-0.2, 0) is 16.2 Å². The molecule has 0 spiro atoms. The lowest BCUT2D eigenvalue weighted by atomic mass is 10.1. The Balaban J connectivity index is 1.48. The van der Waals surface area contributed by atoms with Crippen LogP contribution in [0.15, 0.2) is 70.0 Å². The van der Waals surface area contributed by atoms with Gasteiger partial charge in [-0.1, -0.05) is 28.1 Å². The number of hydrogen-bond acceptors (Lipinski definition) is 9. The number of carbonyl (C=O) groups is 3. The summed E-state index contributed by atoms with van der Waals surface area (Å²) >= 11 is 4.20. The van der Waals surface area contributed by atoms with Gasteiger partial charge in [0, 0.05) is 22.3 Å². The third kappa shape index (κ3) is 7.44. The molecule has 0 aromatic heterocycles. The first-order valence-corrected chi connectivity index (χ1v) is 13.8. The van der Waals surface area contributed by atoms with Gasteiger partial charge in [0.2, 0.25) is 5.91 Å². The number of non-ortho nitro benzene ring substituents is 1. The average Bonchev–Trinajstić information content (AvgIpc) is 3.21. The Morgan fingerprint density at radius 1 is 1.10 bits per heavy atom. The maximum absolute atomic E-state index is 13.0. The van der Waals surface area contributed by atoms with Gasteiger partial charge in [-0.2, -0.15) is 0 Å². The number of halogens is 1. The maximum Gasteiger partial charge on any atom is 0.294 e. The molecule has 4 rings (SSSR count). The van der Waals surface area contributed by atoms with Gasteiger partial charge in [0.15, 0.2) is 11.5 Å². The quantitative estimate of drug-likeness (QED) is 0.151. The number of anilines is 1. The molecule has 13 heteroatoms. The molecule has 1 saturated heterocycles. The molecule has 0 bridgehead atoms. The Morgan fingerprint density at radius 2 is 1.83 bits per heavy atom. The van der Waals surface area contributed by atoms with E-state index in [1.807, 2.05) is 0 Å². The molecule has 0 radical (unpaired) electrons. The van der Waals surface area contributed by atoms with Gasteiger partial charge in [-0.25, -0.2) is 0 Å². The highest BCUT2D eigenvalue weighted by Crippen LogP contribution is 2.38. The van der Waals surface area contributed by atoms with Crippen LogP contribution in [0.3, 0.4) is 0 Å². The molecule has 0 atom stereocenters. The number of methoxy groups -OCH3 is 1. The van der Waals surface area contributed by atoms with Gasteiger partial charge in [0.25, 0.3) is 16.8 Å². The van der Waals surface area contributed by atoms with E-state index in [0.29, 0.717) is 45.1 Å². The summed E-state index contributed by atoms with van der Waals surface area (Å²) in [4.78, 5) is 49.7. The van der Waals surface area contributed by atoms with Crippen LogP contribution in [0.5, 0.6) is 17.2 Å². The summed E-state index contributed by atoms with van der Waals surface area (Å²) in [7, 11) is 1.53. The number of imide groups is 1. The Morgan fingerprint density at radius 3 is 2.51 bits per heavy atom. The lowest BCUT2D eigenvalue weighted by Gasteiger charge is -2.14. The van der Waals surface area contributed by atoms with Crippen molar-refractivity contribution >= 4 is 62.2 Å². The van der Waals surface area contributed by atoms with Gasteiger partial charge in [-0.05, 0) is 72.3 Å². The summed E-state index contributed by atoms with van der Waals surface area (Å²) in [5.74, 6) is 0.264. The zero-order valence-electron chi connectivity index (χ0n) is 21.9. The number of thioether (sulfide) groups is 1. The molecule has 41 heavy (non-hydrogen) atoms. The summed E-state index contributed by atoms with van der Waals surface area (Å²) in [6.07, 6.45) is 1.53. The first-order valence-electron chi connectivity index (χ1n) is 12.2. The normalized spacial score (nSPS) is 13.8. The van der Waals surface area contributed by atoms with Crippen molar-refractivity contribution < 1.29 is 33.5 Å². The molecule has 1 aliphatic heterocycles. The number of hydrogen-bond donors (Lipinski definition) is 1. The summed E-state index contributed by atoms with van der Waals surface area (Å²) in [5, 5.41) is 13.1. The molecule has 0 aliphatic carbocycles. The molecule has 212 valence electrons.